The summed E-state index contributed by atoms with van der Waals surface area (Å²) < 4.78 is 39.6. The molecule has 0 saturated carbocycles. The van der Waals surface area contributed by atoms with E-state index >= 15 is 0 Å². The predicted octanol–water partition coefficient (Wildman–Crippen LogP) is 3.48. The summed E-state index contributed by atoms with van der Waals surface area (Å²) in [4.78, 5) is 30.4. The number of nitrogens with one attached hydrogen (secondary N) is 1. The molecule has 0 aliphatic carbocycles. The maximum atomic E-state index is 13.2. The highest BCUT2D eigenvalue weighted by molar-refractivity contribution is 5.93. The lowest BCUT2D eigenvalue weighted by Gasteiger charge is -2.35. The van der Waals surface area contributed by atoms with Crippen LogP contribution in [-0.2, 0) is 28.7 Å². The minimum Gasteiger partial charge on any atom is -0.339 e. The van der Waals surface area contributed by atoms with E-state index in [1.165, 1.54) is 12.1 Å². The Morgan fingerprint density at radius 2 is 1.59 bits per heavy atom. The summed E-state index contributed by atoms with van der Waals surface area (Å²) in [6.45, 7) is 4.42. The molecule has 1 aliphatic rings. The van der Waals surface area contributed by atoms with Crippen molar-refractivity contribution < 1.29 is 22.8 Å². The van der Waals surface area contributed by atoms with E-state index in [1.807, 2.05) is 36.1 Å². The van der Waals surface area contributed by atoms with Gasteiger partial charge in [0.2, 0.25) is 11.8 Å². The van der Waals surface area contributed by atoms with Crippen molar-refractivity contribution in [3.05, 3.63) is 65.2 Å². The molecule has 0 atom stereocenters. The summed E-state index contributed by atoms with van der Waals surface area (Å²) in [6, 6.07) is 13.1. The van der Waals surface area contributed by atoms with Gasteiger partial charge >= 0.3 is 6.18 Å². The molecule has 184 valence electrons. The lowest BCUT2D eigenvalue weighted by atomic mass is 10.1. The molecule has 1 N–H and O–H groups in total. The Morgan fingerprint density at radius 3 is 2.24 bits per heavy atom. The first kappa shape index (κ1) is 25.7. The Morgan fingerprint density at radius 1 is 0.971 bits per heavy atom. The van der Waals surface area contributed by atoms with E-state index in [9.17, 15) is 22.8 Å². The van der Waals surface area contributed by atoms with E-state index in [0.29, 0.717) is 26.2 Å². The number of nitrogens with zero attached hydrogens (tertiary/aromatic N) is 3. The van der Waals surface area contributed by atoms with Crippen molar-refractivity contribution in [1.82, 2.24) is 14.7 Å². The SMILES string of the molecule is CCc1ccccc1NC(=O)CN1CCN(C(=O)CN(C)Cc2ccccc2C(F)(F)F)CC1. The number of rotatable bonds is 8. The molecular weight excluding hydrogens is 445 g/mol. The summed E-state index contributed by atoms with van der Waals surface area (Å²) in [5.74, 6) is -0.225. The fourth-order valence-corrected chi connectivity index (χ4v) is 4.11. The molecule has 0 spiro atoms. The molecule has 2 amide bonds. The van der Waals surface area contributed by atoms with Crippen LogP contribution < -0.4 is 5.32 Å². The van der Waals surface area contributed by atoms with Gasteiger partial charge in [-0.2, -0.15) is 13.2 Å². The number of para-hydroxylation sites is 1. The van der Waals surface area contributed by atoms with Crippen LogP contribution in [0.15, 0.2) is 48.5 Å². The summed E-state index contributed by atoms with van der Waals surface area (Å²) in [6.07, 6.45) is -3.60. The Labute approximate surface area is 198 Å². The van der Waals surface area contributed by atoms with Crippen molar-refractivity contribution in [3.8, 4) is 0 Å². The lowest BCUT2D eigenvalue weighted by Crippen LogP contribution is -2.52. The van der Waals surface area contributed by atoms with E-state index in [4.69, 9.17) is 0 Å². The third-order valence-corrected chi connectivity index (χ3v) is 5.93. The van der Waals surface area contributed by atoms with Crippen LogP contribution in [0.4, 0.5) is 18.9 Å². The van der Waals surface area contributed by atoms with E-state index in [2.05, 4.69) is 5.32 Å². The van der Waals surface area contributed by atoms with Gasteiger partial charge in [-0.1, -0.05) is 43.3 Å². The molecule has 2 aromatic rings. The van der Waals surface area contributed by atoms with Gasteiger partial charge in [0.05, 0.1) is 18.7 Å². The minimum atomic E-state index is -4.43. The quantitative estimate of drug-likeness (QED) is 0.634. The van der Waals surface area contributed by atoms with Crippen LogP contribution in [0.5, 0.6) is 0 Å². The molecule has 1 heterocycles. The standard InChI is InChI=1S/C25H31F3N4O2/c1-3-19-8-5-7-11-22(19)29-23(33)17-31-12-14-32(15-13-31)24(34)18-30(2)16-20-9-4-6-10-21(20)25(26,27)28/h4-11H,3,12-18H2,1-2H3,(H,29,33). The molecule has 3 rings (SSSR count). The average Bonchev–Trinajstić information content (AvgIpc) is 2.79. The summed E-state index contributed by atoms with van der Waals surface area (Å²) in [7, 11) is 1.64. The van der Waals surface area contributed by atoms with Gasteiger partial charge in [-0.3, -0.25) is 19.4 Å². The number of alkyl halides is 3. The first-order valence-corrected chi connectivity index (χ1v) is 11.4. The lowest BCUT2D eigenvalue weighted by molar-refractivity contribution is -0.138. The Bertz CT molecular complexity index is 988. The van der Waals surface area contributed by atoms with Crippen molar-refractivity contribution in [2.75, 3.05) is 51.6 Å². The van der Waals surface area contributed by atoms with Gasteiger partial charge in [0.25, 0.3) is 0 Å². The number of amides is 2. The molecule has 0 radical (unpaired) electrons. The number of likely N-dealkylation sites (N-methyl/N-ethyl adjacent to an activating group) is 1. The second kappa shape index (κ2) is 11.5. The van der Waals surface area contributed by atoms with Gasteiger partial charge in [-0.05, 0) is 36.7 Å². The second-order valence-electron chi connectivity index (χ2n) is 8.54. The molecule has 9 heteroatoms. The monoisotopic (exact) mass is 476 g/mol. The zero-order chi connectivity index (χ0) is 24.7. The van der Waals surface area contributed by atoms with Gasteiger partial charge in [0, 0.05) is 38.4 Å². The fourth-order valence-electron chi connectivity index (χ4n) is 4.11. The van der Waals surface area contributed by atoms with Crippen molar-refractivity contribution in [3.63, 3.8) is 0 Å². The molecule has 0 aromatic heterocycles. The van der Waals surface area contributed by atoms with Crippen LogP contribution in [0.1, 0.15) is 23.6 Å². The summed E-state index contributed by atoms with van der Waals surface area (Å²) in [5, 5.41) is 2.96. The first-order valence-electron chi connectivity index (χ1n) is 11.4. The zero-order valence-corrected chi connectivity index (χ0v) is 19.6. The Balaban J connectivity index is 1.45. The molecule has 2 aromatic carbocycles. The molecule has 1 fully saturated rings. The van der Waals surface area contributed by atoms with Crippen LogP contribution in [0.25, 0.3) is 0 Å². The average molecular weight is 477 g/mol. The highest BCUT2D eigenvalue weighted by Gasteiger charge is 2.33. The third-order valence-electron chi connectivity index (χ3n) is 5.93. The Hall–Kier alpha value is -2.91. The van der Waals surface area contributed by atoms with Crippen LogP contribution in [0.2, 0.25) is 0 Å². The van der Waals surface area contributed by atoms with E-state index in [1.54, 1.807) is 22.9 Å². The fraction of sp³-hybridized carbons (Fsp3) is 0.440. The summed E-state index contributed by atoms with van der Waals surface area (Å²) >= 11 is 0. The number of carbonyl (C=O) groups excluding carboxylic acids is 2. The predicted molar refractivity (Wildman–Crippen MR) is 125 cm³/mol. The third kappa shape index (κ3) is 7.04. The topological polar surface area (TPSA) is 55.9 Å². The maximum absolute atomic E-state index is 13.2. The highest BCUT2D eigenvalue weighted by Crippen LogP contribution is 2.32. The van der Waals surface area contributed by atoms with E-state index in [-0.39, 0.29) is 37.0 Å². The normalized spacial score (nSPS) is 14.9. The van der Waals surface area contributed by atoms with Crippen molar-refractivity contribution >= 4 is 17.5 Å². The van der Waals surface area contributed by atoms with Crippen LogP contribution in [0, 0.1) is 0 Å². The number of hydrogen-bond acceptors (Lipinski definition) is 4. The number of aryl methyl sites for hydroxylation is 1. The molecule has 34 heavy (non-hydrogen) atoms. The number of benzene rings is 2. The first-order chi connectivity index (χ1) is 16.2. The highest BCUT2D eigenvalue weighted by atomic mass is 19.4. The van der Waals surface area contributed by atoms with E-state index < -0.39 is 11.7 Å². The van der Waals surface area contributed by atoms with Gasteiger partial charge in [0.15, 0.2) is 0 Å². The number of halogens is 3. The number of hydrogen-bond donors (Lipinski definition) is 1. The van der Waals surface area contributed by atoms with Gasteiger partial charge in [-0.25, -0.2) is 0 Å². The van der Waals surface area contributed by atoms with Crippen LogP contribution in [-0.4, -0.2) is 72.8 Å². The van der Waals surface area contributed by atoms with Gasteiger partial charge < -0.3 is 10.2 Å². The molecule has 1 aliphatic heterocycles. The smallest absolute Gasteiger partial charge is 0.339 e. The zero-order valence-electron chi connectivity index (χ0n) is 19.6. The Kier molecular flexibility index (Phi) is 8.68. The number of carbonyl (C=O) groups is 2. The van der Waals surface area contributed by atoms with Crippen molar-refractivity contribution in [1.29, 1.82) is 0 Å². The van der Waals surface area contributed by atoms with Crippen LogP contribution in [0.3, 0.4) is 0 Å². The molecular formula is C25H31F3N4O2. The molecule has 0 unspecified atom stereocenters. The van der Waals surface area contributed by atoms with Crippen molar-refractivity contribution in [2.24, 2.45) is 0 Å². The molecule has 0 bridgehead atoms. The largest absolute Gasteiger partial charge is 0.416 e. The van der Waals surface area contributed by atoms with Crippen LogP contribution >= 0.6 is 0 Å². The summed E-state index contributed by atoms with van der Waals surface area (Å²) in [5.41, 5.74) is 1.36. The maximum Gasteiger partial charge on any atom is 0.416 e. The van der Waals surface area contributed by atoms with Gasteiger partial charge in [-0.15, -0.1) is 0 Å². The van der Waals surface area contributed by atoms with E-state index in [0.717, 1.165) is 23.7 Å². The number of anilines is 1. The minimum absolute atomic E-state index is 0.0283. The second-order valence-corrected chi connectivity index (χ2v) is 8.54. The number of piperazine rings is 1. The van der Waals surface area contributed by atoms with Gasteiger partial charge in [0.1, 0.15) is 0 Å². The molecule has 1 saturated heterocycles. The van der Waals surface area contributed by atoms with Crippen molar-refractivity contribution in [2.45, 2.75) is 26.1 Å². The molecule has 6 nitrogen and oxygen atoms in total.